The van der Waals surface area contributed by atoms with E-state index < -0.39 is 11.8 Å². The van der Waals surface area contributed by atoms with Gasteiger partial charge in [0.2, 0.25) is 0 Å². The predicted molar refractivity (Wildman–Crippen MR) is 117 cm³/mol. The Labute approximate surface area is 181 Å². The van der Waals surface area contributed by atoms with E-state index in [9.17, 15) is 9.59 Å². The zero-order valence-corrected chi connectivity index (χ0v) is 18.0. The second kappa shape index (κ2) is 12.3. The average Bonchev–Trinajstić information content (AvgIpc) is 2.73. The first-order valence-corrected chi connectivity index (χ1v) is 10.6. The van der Waals surface area contributed by atoms with Gasteiger partial charge in [0.15, 0.2) is 0 Å². The third-order valence-corrected chi connectivity index (χ3v) is 5.19. The predicted octanol–water partition coefficient (Wildman–Crippen LogP) is 5.81. The summed E-state index contributed by atoms with van der Waals surface area (Å²) in [6.07, 6.45) is 7.23. The standard InChI is InChI=1S/C22H26Cl2N2O3/c1-2-3-4-5-6-7-15-29-17-13-11-16(12-14-17)21(27)25-26-22(28)18-9-8-10-19(23)20(18)24/h8-14H,2-7,15H2,1H3,(H,25,27)(H,26,28). The van der Waals surface area contributed by atoms with Crippen molar-refractivity contribution in [2.45, 2.75) is 45.4 Å². The molecular formula is C22H26Cl2N2O3. The molecule has 0 aliphatic heterocycles. The smallest absolute Gasteiger partial charge is 0.271 e. The number of amides is 2. The molecule has 0 aliphatic rings. The Morgan fingerprint density at radius 1 is 0.862 bits per heavy atom. The van der Waals surface area contributed by atoms with E-state index in [1.165, 1.54) is 31.7 Å². The molecule has 2 N–H and O–H groups in total. The van der Waals surface area contributed by atoms with Crippen LogP contribution in [0.4, 0.5) is 0 Å². The molecule has 2 aromatic rings. The van der Waals surface area contributed by atoms with Crippen LogP contribution in [0.25, 0.3) is 0 Å². The van der Waals surface area contributed by atoms with Crippen LogP contribution >= 0.6 is 23.2 Å². The van der Waals surface area contributed by atoms with Crippen molar-refractivity contribution in [2.24, 2.45) is 0 Å². The summed E-state index contributed by atoms with van der Waals surface area (Å²) < 4.78 is 5.70. The molecule has 7 heteroatoms. The molecule has 0 unspecified atom stereocenters. The summed E-state index contributed by atoms with van der Waals surface area (Å²) in [7, 11) is 0. The summed E-state index contributed by atoms with van der Waals surface area (Å²) in [5.41, 5.74) is 5.27. The molecule has 2 aromatic carbocycles. The second-order valence-electron chi connectivity index (χ2n) is 6.65. The molecule has 0 aromatic heterocycles. The van der Waals surface area contributed by atoms with Gasteiger partial charge in [-0.2, -0.15) is 0 Å². The highest BCUT2D eigenvalue weighted by atomic mass is 35.5. The number of benzene rings is 2. The van der Waals surface area contributed by atoms with E-state index >= 15 is 0 Å². The van der Waals surface area contributed by atoms with Gasteiger partial charge in [0.25, 0.3) is 11.8 Å². The fourth-order valence-electron chi connectivity index (χ4n) is 2.71. The number of carbonyl (C=O) groups excluding carboxylic acids is 2. The lowest BCUT2D eigenvalue weighted by Gasteiger charge is -2.10. The molecule has 5 nitrogen and oxygen atoms in total. The summed E-state index contributed by atoms with van der Waals surface area (Å²) in [5.74, 6) is -0.284. The molecular weight excluding hydrogens is 411 g/mol. The number of hydrazine groups is 1. The van der Waals surface area contributed by atoms with Crippen LogP contribution in [0.5, 0.6) is 5.75 Å². The third-order valence-electron chi connectivity index (χ3n) is 4.37. The molecule has 0 heterocycles. The molecule has 0 saturated carbocycles. The van der Waals surface area contributed by atoms with Gasteiger partial charge in [-0.3, -0.25) is 20.4 Å². The highest BCUT2D eigenvalue weighted by molar-refractivity contribution is 6.43. The summed E-state index contributed by atoms with van der Waals surface area (Å²) >= 11 is 11.9. The molecule has 29 heavy (non-hydrogen) atoms. The third kappa shape index (κ3) is 7.59. The lowest BCUT2D eigenvalue weighted by Crippen LogP contribution is -2.41. The van der Waals surface area contributed by atoms with Crippen molar-refractivity contribution in [3.05, 3.63) is 63.6 Å². The minimum Gasteiger partial charge on any atom is -0.494 e. The molecule has 0 saturated heterocycles. The highest BCUT2D eigenvalue weighted by Crippen LogP contribution is 2.25. The van der Waals surface area contributed by atoms with Crippen LogP contribution in [-0.4, -0.2) is 18.4 Å². The van der Waals surface area contributed by atoms with Gasteiger partial charge in [0.05, 0.1) is 22.2 Å². The Balaban J connectivity index is 1.75. The van der Waals surface area contributed by atoms with Gasteiger partial charge in [-0.25, -0.2) is 0 Å². The number of carbonyl (C=O) groups is 2. The molecule has 0 fully saturated rings. The summed E-state index contributed by atoms with van der Waals surface area (Å²) in [5, 5.41) is 0.398. The minimum atomic E-state index is -0.551. The largest absolute Gasteiger partial charge is 0.494 e. The van der Waals surface area contributed by atoms with Crippen molar-refractivity contribution in [3.63, 3.8) is 0 Å². The van der Waals surface area contributed by atoms with E-state index in [2.05, 4.69) is 17.8 Å². The van der Waals surface area contributed by atoms with Crippen LogP contribution in [0.1, 0.15) is 66.2 Å². The number of ether oxygens (including phenoxy) is 1. The minimum absolute atomic E-state index is 0.132. The van der Waals surface area contributed by atoms with E-state index in [1.54, 1.807) is 36.4 Å². The van der Waals surface area contributed by atoms with Gasteiger partial charge in [-0.1, -0.05) is 68.3 Å². The Hall–Kier alpha value is -2.24. The maximum Gasteiger partial charge on any atom is 0.271 e. The average molecular weight is 437 g/mol. The van der Waals surface area contributed by atoms with Crippen molar-refractivity contribution in [3.8, 4) is 5.75 Å². The van der Waals surface area contributed by atoms with Gasteiger partial charge in [-0.15, -0.1) is 0 Å². The zero-order valence-electron chi connectivity index (χ0n) is 16.5. The van der Waals surface area contributed by atoms with Crippen molar-refractivity contribution >= 4 is 35.0 Å². The van der Waals surface area contributed by atoms with E-state index in [-0.39, 0.29) is 15.6 Å². The molecule has 2 amide bonds. The van der Waals surface area contributed by atoms with Crippen LogP contribution in [0.15, 0.2) is 42.5 Å². The van der Waals surface area contributed by atoms with E-state index in [0.29, 0.717) is 17.9 Å². The first kappa shape index (κ1) is 23.0. The Kier molecular flexibility index (Phi) is 9.81. The van der Waals surface area contributed by atoms with Crippen molar-refractivity contribution in [1.29, 1.82) is 0 Å². The zero-order chi connectivity index (χ0) is 21.1. The van der Waals surface area contributed by atoms with Crippen LogP contribution in [-0.2, 0) is 0 Å². The SMILES string of the molecule is CCCCCCCCOc1ccc(C(=O)NNC(=O)c2cccc(Cl)c2Cl)cc1. The number of nitrogens with one attached hydrogen (secondary N) is 2. The first-order valence-electron chi connectivity index (χ1n) is 9.80. The van der Waals surface area contributed by atoms with E-state index in [0.717, 1.165) is 12.8 Å². The molecule has 0 spiro atoms. The van der Waals surface area contributed by atoms with Crippen molar-refractivity contribution in [2.75, 3.05) is 6.61 Å². The van der Waals surface area contributed by atoms with Crippen molar-refractivity contribution in [1.82, 2.24) is 10.9 Å². The maximum absolute atomic E-state index is 12.2. The molecule has 0 radical (unpaired) electrons. The van der Waals surface area contributed by atoms with Crippen LogP contribution in [0.3, 0.4) is 0 Å². The lowest BCUT2D eigenvalue weighted by atomic mass is 10.1. The summed E-state index contributed by atoms with van der Waals surface area (Å²) in [4.78, 5) is 24.4. The topological polar surface area (TPSA) is 67.4 Å². The fraction of sp³-hybridized carbons (Fsp3) is 0.364. The molecule has 2 rings (SSSR count). The first-order chi connectivity index (χ1) is 14.0. The van der Waals surface area contributed by atoms with Gasteiger partial charge >= 0.3 is 0 Å². The summed E-state index contributed by atoms with van der Waals surface area (Å²) in [6.45, 7) is 2.87. The highest BCUT2D eigenvalue weighted by Gasteiger charge is 2.14. The maximum atomic E-state index is 12.2. The molecule has 0 aliphatic carbocycles. The van der Waals surface area contributed by atoms with Gasteiger partial charge in [0, 0.05) is 5.56 Å². The van der Waals surface area contributed by atoms with Gasteiger partial charge in [-0.05, 0) is 42.8 Å². The number of rotatable bonds is 10. The fourth-order valence-corrected chi connectivity index (χ4v) is 3.09. The van der Waals surface area contributed by atoms with E-state index in [1.807, 2.05) is 0 Å². The second-order valence-corrected chi connectivity index (χ2v) is 7.44. The number of halogens is 2. The quantitative estimate of drug-likeness (QED) is 0.364. The van der Waals surface area contributed by atoms with Crippen molar-refractivity contribution < 1.29 is 14.3 Å². The number of hydrogen-bond acceptors (Lipinski definition) is 3. The monoisotopic (exact) mass is 436 g/mol. The Bertz CT molecular complexity index is 810. The van der Waals surface area contributed by atoms with E-state index in [4.69, 9.17) is 27.9 Å². The molecule has 0 bridgehead atoms. The van der Waals surface area contributed by atoms with Gasteiger partial charge < -0.3 is 4.74 Å². The normalized spacial score (nSPS) is 10.4. The number of unbranched alkanes of at least 4 members (excludes halogenated alkanes) is 5. The van der Waals surface area contributed by atoms with Gasteiger partial charge in [0.1, 0.15) is 5.75 Å². The van der Waals surface area contributed by atoms with Crippen LogP contribution in [0, 0.1) is 0 Å². The Morgan fingerprint density at radius 2 is 1.52 bits per heavy atom. The van der Waals surface area contributed by atoms with Crippen LogP contribution in [0.2, 0.25) is 10.0 Å². The number of hydrogen-bond donors (Lipinski definition) is 2. The molecule has 156 valence electrons. The summed E-state index contributed by atoms with van der Waals surface area (Å²) in [6, 6.07) is 11.5. The Morgan fingerprint density at radius 3 is 2.24 bits per heavy atom. The lowest BCUT2D eigenvalue weighted by molar-refractivity contribution is 0.0846. The molecule has 0 atom stereocenters. The van der Waals surface area contributed by atoms with Crippen LogP contribution < -0.4 is 15.6 Å².